The summed E-state index contributed by atoms with van der Waals surface area (Å²) in [4.78, 5) is 12.8. The second-order valence-corrected chi connectivity index (χ2v) is 2.72. The highest BCUT2D eigenvalue weighted by molar-refractivity contribution is 5.62. The van der Waals surface area contributed by atoms with E-state index in [9.17, 15) is 0 Å². The zero-order chi connectivity index (χ0) is 13.0. The molecule has 0 fully saturated rings. The number of hydrogen-bond acceptors (Lipinski definition) is 3. The monoisotopic (exact) mass is 224 g/mol. The van der Waals surface area contributed by atoms with Crippen molar-refractivity contribution in [2.24, 2.45) is 0 Å². The Hall–Kier alpha value is -1.97. The first kappa shape index (κ1) is 16.5. The lowest BCUT2D eigenvalue weighted by Crippen LogP contribution is -2.22. The number of hydrogen-bond donors (Lipinski definition) is 1. The van der Waals surface area contributed by atoms with Crippen molar-refractivity contribution in [1.82, 2.24) is 9.80 Å². The number of rotatable bonds is 7. The molecule has 0 spiro atoms. The predicted molar refractivity (Wildman–Crippen MR) is 67.5 cm³/mol. The molecule has 0 amide bonds. The Kier molecular flexibility index (Phi) is 11.4. The molecule has 0 aromatic heterocycles. The number of carbonyl (C=O) groups is 1. The van der Waals surface area contributed by atoms with Crippen molar-refractivity contribution in [2.45, 2.75) is 6.92 Å². The molecule has 0 saturated carbocycles. The molecule has 0 aliphatic heterocycles. The van der Waals surface area contributed by atoms with E-state index in [1.165, 1.54) is 0 Å². The average molecular weight is 224 g/mol. The third-order valence-corrected chi connectivity index (χ3v) is 1.55. The summed E-state index contributed by atoms with van der Waals surface area (Å²) >= 11 is 0. The highest BCUT2D eigenvalue weighted by Crippen LogP contribution is 1.93. The van der Waals surface area contributed by atoms with Gasteiger partial charge in [-0.05, 0) is 24.8 Å². The summed E-state index contributed by atoms with van der Waals surface area (Å²) in [7, 11) is 0. The topological polar surface area (TPSA) is 43.8 Å². The van der Waals surface area contributed by atoms with Crippen LogP contribution in [0.15, 0.2) is 51.1 Å². The zero-order valence-corrected chi connectivity index (χ0v) is 9.80. The summed E-state index contributed by atoms with van der Waals surface area (Å²) in [5.74, 6) is -0.833. The molecule has 1 N–H and O–H groups in total. The Labute approximate surface area is 97.5 Å². The van der Waals surface area contributed by atoms with E-state index in [0.717, 1.165) is 20.0 Å². The lowest BCUT2D eigenvalue weighted by molar-refractivity contribution is -0.134. The standard InChI is InChI=1S/C10H16N2.C2H4O2/c1-5-11(6-2)9-10-12(7-3)8-4;1-2(3)4/h5-8H,1-4,9-10H2;1H3,(H,3,4). The number of carboxylic acids is 1. The van der Waals surface area contributed by atoms with Gasteiger partial charge in [0, 0.05) is 20.0 Å². The first-order valence-electron chi connectivity index (χ1n) is 4.73. The summed E-state index contributed by atoms with van der Waals surface area (Å²) in [6, 6.07) is 0. The summed E-state index contributed by atoms with van der Waals surface area (Å²) in [5.41, 5.74) is 0. The molecule has 0 aromatic rings. The Morgan fingerprint density at radius 2 is 1.19 bits per heavy atom. The highest BCUT2D eigenvalue weighted by Gasteiger charge is 1.94. The van der Waals surface area contributed by atoms with Gasteiger partial charge in [-0.3, -0.25) is 4.79 Å². The van der Waals surface area contributed by atoms with Gasteiger partial charge in [-0.15, -0.1) is 0 Å². The van der Waals surface area contributed by atoms with E-state index >= 15 is 0 Å². The SMILES string of the molecule is C=CN(C=C)CCN(C=C)C=C.CC(=O)O. The van der Waals surface area contributed by atoms with Crippen LogP contribution >= 0.6 is 0 Å². The third-order valence-electron chi connectivity index (χ3n) is 1.55. The van der Waals surface area contributed by atoms with Crippen LogP contribution in [0.1, 0.15) is 6.92 Å². The Balaban J connectivity index is 0. The fourth-order valence-corrected chi connectivity index (χ4v) is 0.745. The molecule has 90 valence electrons. The van der Waals surface area contributed by atoms with Crippen LogP contribution in [0.4, 0.5) is 0 Å². The van der Waals surface area contributed by atoms with Crippen molar-refractivity contribution in [3.63, 3.8) is 0 Å². The molecule has 0 aliphatic rings. The molecular formula is C12H20N2O2. The maximum absolute atomic E-state index is 9.00. The van der Waals surface area contributed by atoms with Crippen molar-refractivity contribution in [1.29, 1.82) is 0 Å². The smallest absolute Gasteiger partial charge is 0.300 e. The summed E-state index contributed by atoms with van der Waals surface area (Å²) < 4.78 is 0. The average Bonchev–Trinajstić information content (AvgIpc) is 2.24. The van der Waals surface area contributed by atoms with E-state index in [0.29, 0.717) is 0 Å². The molecular weight excluding hydrogens is 204 g/mol. The van der Waals surface area contributed by atoms with Crippen molar-refractivity contribution in [3.05, 3.63) is 51.1 Å². The number of aliphatic carboxylic acids is 1. The van der Waals surface area contributed by atoms with E-state index in [-0.39, 0.29) is 0 Å². The second kappa shape index (κ2) is 11.1. The van der Waals surface area contributed by atoms with E-state index in [4.69, 9.17) is 9.90 Å². The van der Waals surface area contributed by atoms with E-state index in [2.05, 4.69) is 26.3 Å². The maximum Gasteiger partial charge on any atom is 0.300 e. The minimum Gasteiger partial charge on any atom is -0.481 e. The molecule has 0 atom stereocenters. The number of nitrogens with zero attached hydrogens (tertiary/aromatic N) is 2. The van der Waals surface area contributed by atoms with Crippen LogP contribution in [0.3, 0.4) is 0 Å². The van der Waals surface area contributed by atoms with Crippen LogP contribution in [0.5, 0.6) is 0 Å². The normalized spacial score (nSPS) is 7.81. The fourth-order valence-electron chi connectivity index (χ4n) is 0.745. The molecule has 0 unspecified atom stereocenters. The van der Waals surface area contributed by atoms with Gasteiger partial charge < -0.3 is 14.9 Å². The van der Waals surface area contributed by atoms with Crippen LogP contribution in [0.2, 0.25) is 0 Å². The van der Waals surface area contributed by atoms with E-state index in [1.54, 1.807) is 24.8 Å². The Morgan fingerprint density at radius 1 is 1.00 bits per heavy atom. The highest BCUT2D eigenvalue weighted by atomic mass is 16.4. The van der Waals surface area contributed by atoms with Crippen LogP contribution in [-0.2, 0) is 4.79 Å². The largest absolute Gasteiger partial charge is 0.481 e. The third kappa shape index (κ3) is 12.0. The molecule has 0 aromatic carbocycles. The fraction of sp³-hybridized carbons (Fsp3) is 0.250. The van der Waals surface area contributed by atoms with Gasteiger partial charge in [0.05, 0.1) is 0 Å². The summed E-state index contributed by atoms with van der Waals surface area (Å²) in [6.07, 6.45) is 6.93. The molecule has 0 saturated heterocycles. The van der Waals surface area contributed by atoms with Gasteiger partial charge in [0.2, 0.25) is 0 Å². The van der Waals surface area contributed by atoms with Gasteiger partial charge in [-0.25, -0.2) is 0 Å². The lowest BCUT2D eigenvalue weighted by atomic mass is 10.5. The van der Waals surface area contributed by atoms with Gasteiger partial charge >= 0.3 is 0 Å². The molecule has 16 heavy (non-hydrogen) atoms. The number of carboxylic acid groups (broad SMARTS) is 1. The molecule has 0 aliphatic carbocycles. The van der Waals surface area contributed by atoms with Crippen LogP contribution in [-0.4, -0.2) is 34.0 Å². The summed E-state index contributed by atoms with van der Waals surface area (Å²) in [5, 5.41) is 7.42. The van der Waals surface area contributed by atoms with Crippen molar-refractivity contribution in [2.75, 3.05) is 13.1 Å². The molecule has 0 heterocycles. The molecule has 4 heteroatoms. The Morgan fingerprint density at radius 3 is 1.31 bits per heavy atom. The Bertz CT molecular complexity index is 209. The van der Waals surface area contributed by atoms with Gasteiger partial charge in [-0.1, -0.05) is 26.3 Å². The van der Waals surface area contributed by atoms with Gasteiger partial charge in [0.15, 0.2) is 0 Å². The molecule has 0 rings (SSSR count). The minimum atomic E-state index is -0.833. The quantitative estimate of drug-likeness (QED) is 0.720. The maximum atomic E-state index is 9.00. The molecule has 0 bridgehead atoms. The van der Waals surface area contributed by atoms with Gasteiger partial charge in [0.1, 0.15) is 0 Å². The van der Waals surface area contributed by atoms with E-state index in [1.807, 2.05) is 9.80 Å². The van der Waals surface area contributed by atoms with E-state index < -0.39 is 5.97 Å². The van der Waals surface area contributed by atoms with Crippen LogP contribution in [0.25, 0.3) is 0 Å². The predicted octanol–water partition coefficient (Wildman–Crippen LogP) is 2.26. The first-order chi connectivity index (χ1) is 7.51. The molecule has 4 nitrogen and oxygen atoms in total. The summed E-state index contributed by atoms with van der Waals surface area (Å²) in [6.45, 7) is 17.3. The lowest BCUT2D eigenvalue weighted by Gasteiger charge is -2.19. The van der Waals surface area contributed by atoms with Crippen molar-refractivity contribution < 1.29 is 9.90 Å². The van der Waals surface area contributed by atoms with Crippen LogP contribution in [0, 0.1) is 0 Å². The van der Waals surface area contributed by atoms with Crippen LogP contribution < -0.4 is 0 Å². The van der Waals surface area contributed by atoms with Gasteiger partial charge in [-0.2, -0.15) is 0 Å². The van der Waals surface area contributed by atoms with Gasteiger partial charge in [0.25, 0.3) is 5.97 Å². The first-order valence-corrected chi connectivity index (χ1v) is 4.73. The minimum absolute atomic E-state index is 0.833. The zero-order valence-electron chi connectivity index (χ0n) is 9.80. The molecule has 0 radical (unpaired) electrons. The van der Waals surface area contributed by atoms with Crippen molar-refractivity contribution in [3.8, 4) is 0 Å². The second-order valence-electron chi connectivity index (χ2n) is 2.72. The van der Waals surface area contributed by atoms with Crippen molar-refractivity contribution >= 4 is 5.97 Å².